The third-order valence-electron chi connectivity index (χ3n) is 4.61. The summed E-state index contributed by atoms with van der Waals surface area (Å²) in [6.07, 6.45) is 1.71. The predicted molar refractivity (Wildman–Crippen MR) is 112 cm³/mol. The average molecular weight is 413 g/mol. The molecule has 0 radical (unpaired) electrons. The Labute approximate surface area is 170 Å². The minimum atomic E-state index is -0.594. The molecule has 28 heavy (non-hydrogen) atoms. The molecule has 1 aliphatic heterocycles. The van der Waals surface area contributed by atoms with Gasteiger partial charge in [-0.3, -0.25) is 14.3 Å². The number of aliphatic hydroxyl groups is 1. The molecule has 2 rings (SSSR count). The van der Waals surface area contributed by atoms with Crippen LogP contribution in [-0.2, 0) is 4.74 Å². The van der Waals surface area contributed by atoms with Gasteiger partial charge < -0.3 is 20.5 Å². The highest BCUT2D eigenvalue weighted by atomic mass is 32.1. The van der Waals surface area contributed by atoms with Crippen LogP contribution in [0, 0.1) is 12.3 Å². The molecule has 1 aromatic rings. The van der Waals surface area contributed by atoms with Gasteiger partial charge in [0.1, 0.15) is 12.3 Å². The van der Waals surface area contributed by atoms with Gasteiger partial charge in [-0.1, -0.05) is 20.8 Å². The standard InChI is InChI=1S/C19H32N4O4S/c1-11-8-23(17(26)21-15(11)25)14-7-12(13(9-24)27-14)20-16(28)22-19(5,6)10-18(2,3)4/h8,12-14,24H,7,9-10H2,1-6H3,(H2,20,22,28)(H,21,25,26)/t12-,13+,14+/m0/s1. The quantitative estimate of drug-likeness (QED) is 0.538. The SMILES string of the molecule is Cc1cn([C@H]2C[C@H](NC(=S)NC(C)(C)CC(C)(C)C)[C@@H](CO)O2)c(=O)[nH]c1=O. The van der Waals surface area contributed by atoms with Crippen molar-refractivity contribution in [3.05, 3.63) is 32.6 Å². The van der Waals surface area contributed by atoms with Crippen molar-refractivity contribution in [2.24, 2.45) is 5.41 Å². The minimum absolute atomic E-state index is 0.143. The third kappa shape index (κ3) is 5.89. The molecule has 8 nitrogen and oxygen atoms in total. The number of ether oxygens (including phenoxy) is 1. The van der Waals surface area contributed by atoms with E-state index in [4.69, 9.17) is 17.0 Å². The van der Waals surface area contributed by atoms with E-state index >= 15 is 0 Å². The zero-order chi connectivity index (χ0) is 21.3. The van der Waals surface area contributed by atoms with E-state index in [2.05, 4.69) is 50.2 Å². The Bertz CT molecular complexity index is 824. The summed E-state index contributed by atoms with van der Waals surface area (Å²) in [6.45, 7) is 12.1. The lowest BCUT2D eigenvalue weighted by atomic mass is 9.82. The molecular formula is C19H32N4O4S. The number of hydrogen-bond donors (Lipinski definition) is 4. The van der Waals surface area contributed by atoms with Gasteiger partial charge in [0.15, 0.2) is 5.11 Å². The summed E-state index contributed by atoms with van der Waals surface area (Å²) in [7, 11) is 0. The number of H-pyrrole nitrogens is 1. The number of thiocarbonyl (C=S) groups is 1. The van der Waals surface area contributed by atoms with Crippen molar-refractivity contribution < 1.29 is 9.84 Å². The molecule has 0 aliphatic carbocycles. The second kappa shape index (κ2) is 8.34. The van der Waals surface area contributed by atoms with Crippen LogP contribution in [0.15, 0.2) is 15.8 Å². The fraction of sp³-hybridized carbons (Fsp3) is 0.737. The number of aliphatic hydroxyl groups excluding tert-OH is 1. The molecule has 0 bridgehead atoms. The van der Waals surface area contributed by atoms with Crippen molar-refractivity contribution >= 4 is 17.3 Å². The topological polar surface area (TPSA) is 108 Å². The number of aryl methyl sites for hydroxylation is 1. The van der Waals surface area contributed by atoms with Crippen LogP contribution >= 0.6 is 12.2 Å². The first-order valence-electron chi connectivity index (χ1n) is 9.48. The summed E-state index contributed by atoms with van der Waals surface area (Å²) < 4.78 is 7.19. The summed E-state index contributed by atoms with van der Waals surface area (Å²) in [5, 5.41) is 16.7. The Morgan fingerprint density at radius 3 is 2.57 bits per heavy atom. The molecule has 158 valence electrons. The van der Waals surface area contributed by atoms with Crippen molar-refractivity contribution in [3.63, 3.8) is 0 Å². The van der Waals surface area contributed by atoms with Gasteiger partial charge in [0.05, 0.1) is 12.6 Å². The summed E-state index contributed by atoms with van der Waals surface area (Å²) in [4.78, 5) is 26.0. The molecule has 1 aliphatic rings. The van der Waals surface area contributed by atoms with Gasteiger partial charge in [0, 0.05) is 23.7 Å². The van der Waals surface area contributed by atoms with Crippen molar-refractivity contribution in [1.29, 1.82) is 0 Å². The van der Waals surface area contributed by atoms with E-state index in [1.165, 1.54) is 10.8 Å². The number of aromatic nitrogens is 2. The smallest absolute Gasteiger partial charge is 0.330 e. The van der Waals surface area contributed by atoms with Crippen LogP contribution in [0.3, 0.4) is 0 Å². The van der Waals surface area contributed by atoms with E-state index in [0.29, 0.717) is 17.1 Å². The fourth-order valence-corrected chi connectivity index (χ4v) is 4.33. The zero-order valence-electron chi connectivity index (χ0n) is 17.5. The van der Waals surface area contributed by atoms with Gasteiger partial charge in [0.25, 0.3) is 5.56 Å². The van der Waals surface area contributed by atoms with Gasteiger partial charge in [-0.25, -0.2) is 4.79 Å². The first kappa shape index (κ1) is 22.6. The van der Waals surface area contributed by atoms with E-state index < -0.39 is 23.6 Å². The van der Waals surface area contributed by atoms with Crippen LogP contribution in [0.25, 0.3) is 0 Å². The normalized spacial score (nSPS) is 22.9. The fourth-order valence-electron chi connectivity index (χ4n) is 3.90. The maximum Gasteiger partial charge on any atom is 0.330 e. The Morgan fingerprint density at radius 2 is 2.00 bits per heavy atom. The summed E-state index contributed by atoms with van der Waals surface area (Å²) >= 11 is 5.47. The molecule has 1 saturated heterocycles. The zero-order valence-corrected chi connectivity index (χ0v) is 18.3. The average Bonchev–Trinajstić information content (AvgIpc) is 2.90. The largest absolute Gasteiger partial charge is 0.394 e. The Balaban J connectivity index is 2.08. The van der Waals surface area contributed by atoms with Crippen LogP contribution < -0.4 is 21.9 Å². The van der Waals surface area contributed by atoms with E-state index in [1.807, 2.05) is 0 Å². The van der Waals surface area contributed by atoms with Crippen LogP contribution in [0.4, 0.5) is 0 Å². The Kier molecular flexibility index (Phi) is 6.73. The third-order valence-corrected chi connectivity index (χ3v) is 4.83. The molecule has 9 heteroatoms. The molecule has 0 unspecified atom stereocenters. The second-order valence-electron chi connectivity index (χ2n) is 9.35. The maximum absolute atomic E-state index is 12.1. The molecule has 0 saturated carbocycles. The molecule has 0 amide bonds. The van der Waals surface area contributed by atoms with Gasteiger partial charge in [0.2, 0.25) is 0 Å². The van der Waals surface area contributed by atoms with E-state index in [1.54, 1.807) is 6.92 Å². The van der Waals surface area contributed by atoms with Crippen LogP contribution in [0.2, 0.25) is 0 Å². The summed E-state index contributed by atoms with van der Waals surface area (Å²) in [6, 6.07) is -0.264. The predicted octanol–water partition coefficient (Wildman–Crippen LogP) is 1.17. The maximum atomic E-state index is 12.1. The molecule has 0 aromatic carbocycles. The first-order valence-corrected chi connectivity index (χ1v) is 9.89. The van der Waals surface area contributed by atoms with Crippen molar-refractivity contribution in [2.45, 2.75) is 78.3 Å². The molecule has 3 atom stereocenters. The number of hydrogen-bond acceptors (Lipinski definition) is 5. The molecule has 2 heterocycles. The van der Waals surface area contributed by atoms with Crippen molar-refractivity contribution in [2.75, 3.05) is 6.61 Å². The number of nitrogens with one attached hydrogen (secondary N) is 3. The number of aromatic amines is 1. The van der Waals surface area contributed by atoms with Crippen molar-refractivity contribution in [3.8, 4) is 0 Å². The Hall–Kier alpha value is -1.71. The summed E-state index contributed by atoms with van der Waals surface area (Å²) in [5.74, 6) is 0. The van der Waals surface area contributed by atoms with Crippen LogP contribution in [0.5, 0.6) is 0 Å². The molecule has 4 N–H and O–H groups in total. The lowest BCUT2D eigenvalue weighted by Gasteiger charge is -2.35. The molecule has 0 spiro atoms. The number of nitrogens with zero attached hydrogens (tertiary/aromatic N) is 1. The van der Waals surface area contributed by atoms with Crippen molar-refractivity contribution in [1.82, 2.24) is 20.2 Å². The lowest BCUT2D eigenvalue weighted by molar-refractivity contribution is -0.0282. The van der Waals surface area contributed by atoms with Gasteiger partial charge in [-0.2, -0.15) is 0 Å². The summed E-state index contributed by atoms with van der Waals surface area (Å²) in [5.41, 5.74) is -0.599. The second-order valence-corrected chi connectivity index (χ2v) is 9.76. The number of rotatable bonds is 5. The van der Waals surface area contributed by atoms with Crippen LogP contribution in [-0.4, -0.2) is 44.1 Å². The van der Waals surface area contributed by atoms with Gasteiger partial charge in [-0.15, -0.1) is 0 Å². The van der Waals surface area contributed by atoms with Gasteiger partial charge in [-0.05, 0) is 44.8 Å². The lowest BCUT2D eigenvalue weighted by Crippen LogP contribution is -2.53. The highest BCUT2D eigenvalue weighted by Gasteiger charge is 2.37. The molecule has 1 fully saturated rings. The van der Waals surface area contributed by atoms with Gasteiger partial charge >= 0.3 is 5.69 Å². The van der Waals surface area contributed by atoms with E-state index in [0.717, 1.165) is 6.42 Å². The molecular weight excluding hydrogens is 380 g/mol. The highest BCUT2D eigenvalue weighted by Crippen LogP contribution is 2.29. The Morgan fingerprint density at radius 1 is 1.36 bits per heavy atom. The highest BCUT2D eigenvalue weighted by molar-refractivity contribution is 7.80. The first-order chi connectivity index (χ1) is 12.8. The monoisotopic (exact) mass is 412 g/mol. The van der Waals surface area contributed by atoms with E-state index in [-0.39, 0.29) is 23.6 Å². The van der Waals surface area contributed by atoms with E-state index in [9.17, 15) is 14.7 Å². The minimum Gasteiger partial charge on any atom is -0.394 e. The van der Waals surface area contributed by atoms with Crippen LogP contribution in [0.1, 0.15) is 59.3 Å². The molecule has 1 aromatic heterocycles.